The van der Waals surface area contributed by atoms with E-state index in [2.05, 4.69) is 22.7 Å². The van der Waals surface area contributed by atoms with E-state index in [0.29, 0.717) is 6.04 Å². The largest absolute Gasteiger partial charge is 0.313 e. The molecule has 1 N–H and O–H groups in total. The lowest BCUT2D eigenvalue weighted by Gasteiger charge is -2.31. The first-order valence-corrected chi connectivity index (χ1v) is 7.10. The second-order valence-electron chi connectivity index (χ2n) is 4.07. The summed E-state index contributed by atoms with van der Waals surface area (Å²) in [5.41, 5.74) is 0. The third kappa shape index (κ3) is 5.60. The van der Waals surface area contributed by atoms with Crippen molar-refractivity contribution in [1.29, 1.82) is 0 Å². The second-order valence-corrected chi connectivity index (χ2v) is 5.22. The first-order chi connectivity index (χ1) is 7.86. The number of hydrogen-bond acceptors (Lipinski definition) is 3. The van der Waals surface area contributed by atoms with Crippen molar-refractivity contribution in [2.75, 3.05) is 37.7 Å². The lowest BCUT2D eigenvalue weighted by molar-refractivity contribution is 0.220. The normalized spacial score (nSPS) is 18.2. The fourth-order valence-corrected chi connectivity index (χ4v) is 2.52. The molecule has 1 fully saturated rings. The van der Waals surface area contributed by atoms with Gasteiger partial charge in [0.1, 0.15) is 0 Å². The molecule has 0 aromatic heterocycles. The number of nitrogens with zero attached hydrogens (tertiary/aromatic N) is 1. The molecule has 2 nitrogen and oxygen atoms in total. The topological polar surface area (TPSA) is 15.3 Å². The highest BCUT2D eigenvalue weighted by Gasteiger charge is 2.17. The molecule has 1 heterocycles. The van der Waals surface area contributed by atoms with Gasteiger partial charge in [0.25, 0.3) is 0 Å². The van der Waals surface area contributed by atoms with Crippen LogP contribution in [0.15, 0.2) is 12.7 Å². The highest BCUT2D eigenvalue weighted by atomic mass is 32.2. The SMILES string of the molecule is C#CCN1CCC(NCCSCC=C)CC1. The number of nitrogens with one attached hydrogen (secondary N) is 1. The Bertz CT molecular complexity index is 227. The van der Waals surface area contributed by atoms with Gasteiger partial charge in [-0.05, 0) is 12.8 Å². The maximum atomic E-state index is 5.30. The van der Waals surface area contributed by atoms with Crippen molar-refractivity contribution in [2.24, 2.45) is 0 Å². The molecule has 0 saturated carbocycles. The molecule has 0 aromatic carbocycles. The molecule has 1 saturated heterocycles. The Morgan fingerprint density at radius 2 is 2.25 bits per heavy atom. The maximum Gasteiger partial charge on any atom is 0.0598 e. The van der Waals surface area contributed by atoms with E-state index in [0.717, 1.165) is 31.9 Å². The smallest absolute Gasteiger partial charge is 0.0598 e. The Hall–Kier alpha value is -0.430. The van der Waals surface area contributed by atoms with Crippen LogP contribution >= 0.6 is 11.8 Å². The van der Waals surface area contributed by atoms with Crippen molar-refractivity contribution in [2.45, 2.75) is 18.9 Å². The van der Waals surface area contributed by atoms with Gasteiger partial charge in [0.15, 0.2) is 0 Å². The minimum atomic E-state index is 0.693. The third-order valence-electron chi connectivity index (χ3n) is 2.82. The predicted octanol–water partition coefficient (Wildman–Crippen LogP) is 1.59. The lowest BCUT2D eigenvalue weighted by Crippen LogP contribution is -2.43. The van der Waals surface area contributed by atoms with Crippen molar-refractivity contribution < 1.29 is 0 Å². The highest BCUT2D eigenvalue weighted by molar-refractivity contribution is 7.99. The minimum absolute atomic E-state index is 0.693. The molecule has 0 radical (unpaired) electrons. The molecular formula is C13H22N2S. The maximum absolute atomic E-state index is 5.30. The summed E-state index contributed by atoms with van der Waals surface area (Å²) in [5, 5.41) is 3.61. The van der Waals surface area contributed by atoms with Gasteiger partial charge in [-0.15, -0.1) is 13.0 Å². The highest BCUT2D eigenvalue weighted by Crippen LogP contribution is 2.09. The summed E-state index contributed by atoms with van der Waals surface area (Å²) in [6.45, 7) is 7.91. The van der Waals surface area contributed by atoms with E-state index in [4.69, 9.17) is 6.42 Å². The zero-order chi connectivity index (χ0) is 11.6. The van der Waals surface area contributed by atoms with Crippen LogP contribution in [0.3, 0.4) is 0 Å². The van der Waals surface area contributed by atoms with Crippen molar-refractivity contribution in [3.8, 4) is 12.3 Å². The molecule has 16 heavy (non-hydrogen) atoms. The Kier molecular flexibility index (Phi) is 7.41. The summed E-state index contributed by atoms with van der Waals surface area (Å²) >= 11 is 1.93. The van der Waals surface area contributed by atoms with Gasteiger partial charge < -0.3 is 5.32 Å². The average Bonchev–Trinajstić information content (AvgIpc) is 2.31. The average molecular weight is 238 g/mol. The molecule has 0 atom stereocenters. The van der Waals surface area contributed by atoms with E-state index >= 15 is 0 Å². The standard InChI is InChI=1S/C13H22N2S/c1-3-8-15-9-5-13(6-10-15)14-7-12-16-11-4-2/h1,4,13-14H,2,5-12H2. The van der Waals surface area contributed by atoms with Crippen LogP contribution in [0.1, 0.15) is 12.8 Å². The quantitative estimate of drug-likeness (QED) is 0.412. The zero-order valence-corrected chi connectivity index (χ0v) is 10.8. The summed E-state index contributed by atoms with van der Waals surface area (Å²) in [4.78, 5) is 2.35. The van der Waals surface area contributed by atoms with Crippen molar-refractivity contribution in [3.05, 3.63) is 12.7 Å². The molecule has 0 bridgehead atoms. The summed E-state index contributed by atoms with van der Waals surface area (Å²) < 4.78 is 0. The number of likely N-dealkylation sites (tertiary alicyclic amines) is 1. The molecular weight excluding hydrogens is 216 g/mol. The molecule has 0 aromatic rings. The second kappa shape index (κ2) is 8.69. The van der Waals surface area contributed by atoms with Crippen LogP contribution in [0.5, 0.6) is 0 Å². The molecule has 1 rings (SSSR count). The minimum Gasteiger partial charge on any atom is -0.313 e. The van der Waals surface area contributed by atoms with Crippen LogP contribution in [0.4, 0.5) is 0 Å². The zero-order valence-electron chi connectivity index (χ0n) is 9.95. The Labute approximate surface area is 104 Å². The first kappa shape index (κ1) is 13.6. The fraction of sp³-hybridized carbons (Fsp3) is 0.692. The molecule has 90 valence electrons. The Morgan fingerprint density at radius 1 is 1.50 bits per heavy atom. The summed E-state index contributed by atoms with van der Waals surface area (Å²) in [6, 6.07) is 0.693. The van der Waals surface area contributed by atoms with Gasteiger partial charge in [0.05, 0.1) is 6.54 Å². The van der Waals surface area contributed by atoms with Crippen LogP contribution in [0, 0.1) is 12.3 Å². The Morgan fingerprint density at radius 3 is 2.88 bits per heavy atom. The van der Waals surface area contributed by atoms with E-state index < -0.39 is 0 Å². The summed E-state index contributed by atoms with van der Waals surface area (Å²) in [7, 11) is 0. The first-order valence-electron chi connectivity index (χ1n) is 5.94. The van der Waals surface area contributed by atoms with Gasteiger partial charge in [-0.3, -0.25) is 4.90 Å². The van der Waals surface area contributed by atoms with E-state index in [1.807, 2.05) is 17.8 Å². The summed E-state index contributed by atoms with van der Waals surface area (Å²) in [5.74, 6) is 4.95. The molecule has 1 aliphatic rings. The van der Waals surface area contributed by atoms with Gasteiger partial charge in [0.2, 0.25) is 0 Å². The molecule has 3 heteroatoms. The molecule has 0 aliphatic carbocycles. The van der Waals surface area contributed by atoms with Crippen molar-refractivity contribution in [1.82, 2.24) is 10.2 Å². The number of rotatable bonds is 7. The van der Waals surface area contributed by atoms with E-state index in [1.54, 1.807) is 0 Å². The van der Waals surface area contributed by atoms with Gasteiger partial charge >= 0.3 is 0 Å². The van der Waals surface area contributed by atoms with Crippen molar-refractivity contribution >= 4 is 11.8 Å². The monoisotopic (exact) mass is 238 g/mol. The molecule has 1 aliphatic heterocycles. The van der Waals surface area contributed by atoms with Crippen LogP contribution < -0.4 is 5.32 Å². The van der Waals surface area contributed by atoms with E-state index in [1.165, 1.54) is 18.6 Å². The number of thioether (sulfide) groups is 1. The van der Waals surface area contributed by atoms with Crippen LogP contribution in [0.2, 0.25) is 0 Å². The van der Waals surface area contributed by atoms with Crippen LogP contribution in [0.25, 0.3) is 0 Å². The van der Waals surface area contributed by atoms with Crippen molar-refractivity contribution in [3.63, 3.8) is 0 Å². The van der Waals surface area contributed by atoms with Gasteiger partial charge in [-0.1, -0.05) is 12.0 Å². The molecule has 0 amide bonds. The molecule has 0 unspecified atom stereocenters. The number of piperidine rings is 1. The van der Waals surface area contributed by atoms with Crippen LogP contribution in [-0.2, 0) is 0 Å². The third-order valence-corrected chi connectivity index (χ3v) is 3.78. The van der Waals surface area contributed by atoms with E-state index in [-0.39, 0.29) is 0 Å². The Balaban J connectivity index is 2.00. The number of terminal acetylenes is 1. The van der Waals surface area contributed by atoms with E-state index in [9.17, 15) is 0 Å². The van der Waals surface area contributed by atoms with Gasteiger partial charge in [-0.2, -0.15) is 11.8 Å². The summed E-state index contributed by atoms with van der Waals surface area (Å²) in [6.07, 6.45) is 9.72. The number of hydrogen-bond donors (Lipinski definition) is 1. The van der Waals surface area contributed by atoms with Gasteiger partial charge in [0, 0.05) is 37.2 Å². The predicted molar refractivity (Wildman–Crippen MR) is 73.8 cm³/mol. The van der Waals surface area contributed by atoms with Gasteiger partial charge in [-0.25, -0.2) is 0 Å². The fourth-order valence-electron chi connectivity index (χ4n) is 1.93. The lowest BCUT2D eigenvalue weighted by atomic mass is 10.1. The molecule has 0 spiro atoms. The van der Waals surface area contributed by atoms with Crippen LogP contribution in [-0.4, -0.2) is 48.6 Å².